The monoisotopic (exact) mass is 187 g/mol. The van der Waals surface area contributed by atoms with E-state index in [1.54, 1.807) is 0 Å². The van der Waals surface area contributed by atoms with Gasteiger partial charge < -0.3 is 15.2 Å². The normalized spacial score (nSPS) is 29.8. The van der Waals surface area contributed by atoms with E-state index >= 15 is 0 Å². The molecule has 78 valence electrons. The third-order valence-corrected chi connectivity index (χ3v) is 2.61. The second-order valence-electron chi connectivity index (χ2n) is 3.72. The molecule has 0 aliphatic heterocycles. The molecular formula is C10H21NO2. The summed E-state index contributed by atoms with van der Waals surface area (Å²) >= 11 is 0. The minimum absolute atomic E-state index is 0.189. The first-order chi connectivity index (χ1) is 6.26. The van der Waals surface area contributed by atoms with Crippen LogP contribution < -0.4 is 5.32 Å². The average Bonchev–Trinajstić information content (AvgIpc) is 2.08. The second-order valence-corrected chi connectivity index (χ2v) is 3.72. The van der Waals surface area contributed by atoms with Gasteiger partial charge in [-0.25, -0.2) is 0 Å². The van der Waals surface area contributed by atoms with Gasteiger partial charge in [-0.3, -0.25) is 0 Å². The molecule has 2 N–H and O–H groups in total. The van der Waals surface area contributed by atoms with Gasteiger partial charge in [0.25, 0.3) is 0 Å². The Labute approximate surface area is 80.5 Å². The van der Waals surface area contributed by atoms with Gasteiger partial charge in [-0.2, -0.15) is 0 Å². The van der Waals surface area contributed by atoms with E-state index in [1.807, 2.05) is 13.8 Å². The lowest BCUT2D eigenvalue weighted by molar-refractivity contribution is -0.0123. The van der Waals surface area contributed by atoms with Crippen molar-refractivity contribution >= 4 is 0 Å². The molecule has 0 aromatic carbocycles. The van der Waals surface area contributed by atoms with Crippen LogP contribution in [0.3, 0.4) is 0 Å². The Morgan fingerprint density at radius 2 is 2.15 bits per heavy atom. The molecule has 1 rings (SSSR count). The van der Waals surface area contributed by atoms with Crippen LogP contribution in [-0.2, 0) is 4.74 Å². The Morgan fingerprint density at radius 3 is 2.69 bits per heavy atom. The van der Waals surface area contributed by atoms with Gasteiger partial charge >= 0.3 is 0 Å². The lowest BCUT2D eigenvalue weighted by atomic mass is 9.89. The second kappa shape index (κ2) is 5.58. The summed E-state index contributed by atoms with van der Waals surface area (Å²) in [6.45, 7) is 5.56. The Bertz CT molecular complexity index is 135. The van der Waals surface area contributed by atoms with E-state index in [-0.39, 0.29) is 6.10 Å². The van der Waals surface area contributed by atoms with Crippen LogP contribution in [0.2, 0.25) is 0 Å². The number of aliphatic hydroxyl groups is 1. The molecule has 0 heterocycles. The summed E-state index contributed by atoms with van der Waals surface area (Å²) in [5, 5.41) is 12.6. The molecule has 1 saturated carbocycles. The van der Waals surface area contributed by atoms with Crippen molar-refractivity contribution in [3.63, 3.8) is 0 Å². The van der Waals surface area contributed by atoms with Crippen molar-refractivity contribution in [1.29, 1.82) is 0 Å². The van der Waals surface area contributed by atoms with Crippen molar-refractivity contribution < 1.29 is 9.84 Å². The fourth-order valence-corrected chi connectivity index (χ4v) is 1.55. The van der Waals surface area contributed by atoms with Crippen LogP contribution in [0.1, 0.15) is 33.1 Å². The first-order valence-electron chi connectivity index (χ1n) is 5.29. The first-order valence-corrected chi connectivity index (χ1v) is 5.29. The van der Waals surface area contributed by atoms with Crippen LogP contribution in [0, 0.1) is 0 Å². The van der Waals surface area contributed by atoms with Crippen molar-refractivity contribution in [1.82, 2.24) is 5.32 Å². The van der Waals surface area contributed by atoms with Gasteiger partial charge in [0.1, 0.15) is 0 Å². The van der Waals surface area contributed by atoms with Gasteiger partial charge in [0.2, 0.25) is 0 Å². The van der Waals surface area contributed by atoms with E-state index in [9.17, 15) is 5.11 Å². The van der Waals surface area contributed by atoms with Gasteiger partial charge in [-0.15, -0.1) is 0 Å². The van der Waals surface area contributed by atoms with E-state index in [1.165, 1.54) is 0 Å². The van der Waals surface area contributed by atoms with Crippen LogP contribution in [-0.4, -0.2) is 36.5 Å². The van der Waals surface area contributed by atoms with Gasteiger partial charge in [0, 0.05) is 19.2 Å². The highest BCUT2D eigenvalue weighted by Gasteiger charge is 2.29. The van der Waals surface area contributed by atoms with E-state index in [0.717, 1.165) is 32.4 Å². The molecule has 1 unspecified atom stereocenters. The molecule has 13 heavy (non-hydrogen) atoms. The molecule has 0 saturated heterocycles. The topological polar surface area (TPSA) is 41.5 Å². The smallest absolute Gasteiger partial charge is 0.0662 e. The summed E-state index contributed by atoms with van der Waals surface area (Å²) in [5.41, 5.74) is 0. The molecule has 3 heteroatoms. The summed E-state index contributed by atoms with van der Waals surface area (Å²) in [5.74, 6) is 0. The van der Waals surface area contributed by atoms with Gasteiger partial charge in [-0.1, -0.05) is 6.92 Å². The highest BCUT2D eigenvalue weighted by molar-refractivity contribution is 4.86. The summed E-state index contributed by atoms with van der Waals surface area (Å²) < 4.78 is 5.44. The number of hydrogen-bond donors (Lipinski definition) is 2. The van der Waals surface area contributed by atoms with Gasteiger partial charge in [0.05, 0.1) is 12.2 Å². The maximum atomic E-state index is 9.30. The molecule has 3 nitrogen and oxygen atoms in total. The van der Waals surface area contributed by atoms with E-state index in [2.05, 4.69) is 5.32 Å². The lowest BCUT2D eigenvalue weighted by Gasteiger charge is -2.36. The highest BCUT2D eigenvalue weighted by atomic mass is 16.5. The fraction of sp³-hybridized carbons (Fsp3) is 1.00. The zero-order chi connectivity index (χ0) is 9.68. The lowest BCUT2D eigenvalue weighted by Crippen LogP contribution is -2.47. The minimum Gasteiger partial charge on any atom is -0.392 e. The standard InChI is InChI=1S/C10H21NO2/c1-3-9(12)7-11-8-5-10(6-8)13-4-2/h8-12H,3-7H2,1-2H3. The van der Waals surface area contributed by atoms with Crippen molar-refractivity contribution in [2.75, 3.05) is 13.2 Å². The maximum absolute atomic E-state index is 9.30. The fourth-order valence-electron chi connectivity index (χ4n) is 1.55. The third-order valence-electron chi connectivity index (χ3n) is 2.61. The van der Waals surface area contributed by atoms with E-state index < -0.39 is 0 Å². The van der Waals surface area contributed by atoms with Crippen molar-refractivity contribution in [2.45, 2.75) is 51.4 Å². The van der Waals surface area contributed by atoms with Crippen LogP contribution in [0.4, 0.5) is 0 Å². The van der Waals surface area contributed by atoms with Crippen LogP contribution in [0.15, 0.2) is 0 Å². The van der Waals surface area contributed by atoms with Crippen LogP contribution in [0.25, 0.3) is 0 Å². The SMILES string of the molecule is CCOC1CC(NCC(O)CC)C1. The number of nitrogens with one attached hydrogen (secondary N) is 1. The molecule has 0 spiro atoms. The van der Waals surface area contributed by atoms with Gasteiger partial charge in [0.15, 0.2) is 0 Å². The number of ether oxygens (including phenoxy) is 1. The van der Waals surface area contributed by atoms with Crippen LogP contribution in [0.5, 0.6) is 0 Å². The zero-order valence-electron chi connectivity index (χ0n) is 8.62. The molecule has 0 amide bonds. The van der Waals surface area contributed by atoms with Gasteiger partial charge in [-0.05, 0) is 26.2 Å². The van der Waals surface area contributed by atoms with E-state index in [4.69, 9.17) is 4.74 Å². The number of aliphatic hydroxyl groups excluding tert-OH is 1. The molecule has 0 aromatic rings. The summed E-state index contributed by atoms with van der Waals surface area (Å²) in [7, 11) is 0. The molecule has 1 fully saturated rings. The molecule has 1 aliphatic carbocycles. The molecule has 1 aliphatic rings. The third kappa shape index (κ3) is 3.63. The molecule has 1 atom stereocenters. The predicted octanol–water partition coefficient (Wildman–Crippen LogP) is 0.914. The average molecular weight is 187 g/mol. The Hall–Kier alpha value is -0.120. The molecule has 0 aromatic heterocycles. The summed E-state index contributed by atoms with van der Waals surface area (Å²) in [6.07, 6.45) is 3.30. The minimum atomic E-state index is -0.189. The summed E-state index contributed by atoms with van der Waals surface area (Å²) in [4.78, 5) is 0. The number of rotatable bonds is 6. The zero-order valence-corrected chi connectivity index (χ0v) is 8.62. The molecule has 0 bridgehead atoms. The van der Waals surface area contributed by atoms with Crippen molar-refractivity contribution in [3.8, 4) is 0 Å². The molecule has 0 radical (unpaired) electrons. The quantitative estimate of drug-likeness (QED) is 0.649. The Kier molecular flexibility index (Phi) is 4.70. The van der Waals surface area contributed by atoms with E-state index in [0.29, 0.717) is 12.1 Å². The van der Waals surface area contributed by atoms with Crippen molar-refractivity contribution in [2.24, 2.45) is 0 Å². The van der Waals surface area contributed by atoms with Crippen molar-refractivity contribution in [3.05, 3.63) is 0 Å². The Morgan fingerprint density at radius 1 is 1.46 bits per heavy atom. The molecular weight excluding hydrogens is 166 g/mol. The number of hydrogen-bond acceptors (Lipinski definition) is 3. The largest absolute Gasteiger partial charge is 0.392 e. The van der Waals surface area contributed by atoms with Crippen LogP contribution >= 0.6 is 0 Å². The Balaban J connectivity index is 1.95. The predicted molar refractivity (Wildman–Crippen MR) is 52.7 cm³/mol. The first kappa shape index (κ1) is 11.0. The summed E-state index contributed by atoms with van der Waals surface area (Å²) in [6, 6.07) is 0.567. The highest BCUT2D eigenvalue weighted by Crippen LogP contribution is 2.22. The maximum Gasteiger partial charge on any atom is 0.0662 e.